The zero-order chi connectivity index (χ0) is 25.6. The van der Waals surface area contributed by atoms with Crippen LogP contribution in [0.5, 0.6) is 0 Å². The molecule has 3 aromatic rings. The van der Waals surface area contributed by atoms with Crippen LogP contribution in [-0.2, 0) is 22.6 Å². The molecule has 9 heteroatoms. The zero-order valence-electron chi connectivity index (χ0n) is 21.7. The molecule has 4 aliphatic heterocycles. The highest BCUT2D eigenvalue weighted by Gasteiger charge is 2.33. The molecule has 2 bridgehead atoms. The molecule has 3 saturated heterocycles. The van der Waals surface area contributed by atoms with Crippen LogP contribution in [0.4, 0.5) is 11.4 Å². The first-order valence-electron chi connectivity index (χ1n) is 13.6. The molecule has 0 saturated carbocycles. The topological polar surface area (TPSA) is 89.8 Å². The van der Waals surface area contributed by atoms with Gasteiger partial charge in [-0.25, -0.2) is 0 Å². The first kappa shape index (κ1) is 23.8. The number of nitriles is 1. The van der Waals surface area contributed by atoms with E-state index < -0.39 is 0 Å². The van der Waals surface area contributed by atoms with Gasteiger partial charge in [0.05, 0.1) is 36.7 Å². The number of hydrogen-bond acceptors (Lipinski definition) is 9. The van der Waals surface area contributed by atoms with Gasteiger partial charge in [0.2, 0.25) is 0 Å². The van der Waals surface area contributed by atoms with E-state index in [9.17, 15) is 5.26 Å². The number of aromatic nitrogens is 2. The summed E-state index contributed by atoms with van der Waals surface area (Å²) in [4.78, 5) is 16.4. The van der Waals surface area contributed by atoms with E-state index in [0.717, 1.165) is 70.2 Å². The Balaban J connectivity index is 1.05. The fourth-order valence-electron chi connectivity index (χ4n) is 6.61. The van der Waals surface area contributed by atoms with Crippen molar-refractivity contribution in [2.45, 2.75) is 44.3 Å². The molecule has 38 heavy (non-hydrogen) atoms. The van der Waals surface area contributed by atoms with Crippen LogP contribution in [0.15, 0.2) is 42.7 Å². The Labute approximate surface area is 223 Å². The Hall–Kier alpha value is -3.29. The minimum atomic E-state index is 0.0856. The van der Waals surface area contributed by atoms with Crippen molar-refractivity contribution in [1.29, 1.82) is 5.26 Å². The number of rotatable bonds is 4. The Bertz CT molecular complexity index is 1380. The van der Waals surface area contributed by atoms with Crippen molar-refractivity contribution >= 4 is 22.4 Å². The highest BCUT2D eigenvalue weighted by molar-refractivity contribution is 5.92. The van der Waals surface area contributed by atoms with Crippen LogP contribution in [0, 0.1) is 11.3 Å². The van der Waals surface area contributed by atoms with Crippen LogP contribution in [0.1, 0.15) is 23.6 Å². The number of benzene rings is 2. The summed E-state index contributed by atoms with van der Waals surface area (Å²) in [6, 6.07) is 14.0. The molecule has 0 amide bonds. The molecule has 0 spiro atoms. The molecule has 4 atom stereocenters. The van der Waals surface area contributed by atoms with Gasteiger partial charge in [0.25, 0.3) is 0 Å². The number of fused-ring (bicyclic) bond motifs is 4. The molecule has 1 N–H and O–H groups in total. The van der Waals surface area contributed by atoms with Crippen LogP contribution in [0.3, 0.4) is 0 Å². The molecule has 196 valence electrons. The normalized spacial score (nSPS) is 27.4. The summed E-state index contributed by atoms with van der Waals surface area (Å²) < 4.78 is 12.1. The van der Waals surface area contributed by atoms with E-state index >= 15 is 0 Å². The Kier molecular flexibility index (Phi) is 6.13. The van der Waals surface area contributed by atoms with Gasteiger partial charge in [0.1, 0.15) is 17.1 Å². The second kappa shape index (κ2) is 9.79. The van der Waals surface area contributed by atoms with Gasteiger partial charge in [-0.15, -0.1) is 0 Å². The molecule has 0 radical (unpaired) electrons. The summed E-state index contributed by atoms with van der Waals surface area (Å²) >= 11 is 0. The predicted molar refractivity (Wildman–Crippen MR) is 145 cm³/mol. The number of ether oxygens (including phenoxy) is 2. The number of piperazine rings is 1. The summed E-state index contributed by atoms with van der Waals surface area (Å²) in [7, 11) is 0. The van der Waals surface area contributed by atoms with Crippen molar-refractivity contribution in [3.05, 3.63) is 59.4 Å². The number of hydrogen-bond donors (Lipinski definition) is 1. The van der Waals surface area contributed by atoms with Gasteiger partial charge < -0.3 is 24.6 Å². The van der Waals surface area contributed by atoms with Crippen LogP contribution < -0.4 is 15.1 Å². The van der Waals surface area contributed by atoms with Crippen LogP contribution in [0.25, 0.3) is 11.0 Å². The smallest absolute Gasteiger partial charge is 0.113 e. The quantitative estimate of drug-likeness (QED) is 0.567. The molecular weight excluding hydrogens is 478 g/mol. The van der Waals surface area contributed by atoms with E-state index in [1.165, 1.54) is 16.8 Å². The van der Waals surface area contributed by atoms with E-state index in [0.29, 0.717) is 23.2 Å². The van der Waals surface area contributed by atoms with Gasteiger partial charge in [0.15, 0.2) is 0 Å². The molecule has 4 aliphatic rings. The standard InChI is InChI=1S/C29H33N7O2/c1-19-10-36(27-5-3-20(9-30)28-29(27)32-7-6-31-28)16-26(38-19)15-34-11-21-2-4-25(8-22(21)12-34)35-13-23-17-37-18-24(14-35)33-23/h2-8,19,23-24,26,33H,10-18H2,1H3/t19-,23?,24?,26+/m1/s1. The molecular formula is C29H33N7O2. The lowest BCUT2D eigenvalue weighted by molar-refractivity contribution is -0.0329. The van der Waals surface area contributed by atoms with Crippen LogP contribution in [-0.4, -0.2) is 85.1 Å². The minimum absolute atomic E-state index is 0.0856. The van der Waals surface area contributed by atoms with E-state index in [1.807, 2.05) is 12.1 Å². The third-order valence-corrected chi connectivity index (χ3v) is 8.19. The highest BCUT2D eigenvalue weighted by Crippen LogP contribution is 2.32. The molecule has 7 rings (SSSR count). The van der Waals surface area contributed by atoms with Gasteiger partial charge in [0, 0.05) is 76.0 Å². The van der Waals surface area contributed by atoms with Crippen molar-refractivity contribution in [3.8, 4) is 6.07 Å². The second-order valence-corrected chi connectivity index (χ2v) is 11.1. The third kappa shape index (κ3) is 4.48. The summed E-state index contributed by atoms with van der Waals surface area (Å²) in [5.74, 6) is 0. The molecule has 2 aromatic carbocycles. The number of nitrogens with one attached hydrogen (secondary N) is 1. The number of morpholine rings is 2. The summed E-state index contributed by atoms with van der Waals surface area (Å²) in [6.45, 7) is 10.1. The fraction of sp³-hybridized carbons (Fsp3) is 0.483. The second-order valence-electron chi connectivity index (χ2n) is 11.1. The fourth-order valence-corrected chi connectivity index (χ4v) is 6.61. The maximum Gasteiger partial charge on any atom is 0.113 e. The third-order valence-electron chi connectivity index (χ3n) is 8.19. The van der Waals surface area contributed by atoms with Gasteiger partial charge in [-0.05, 0) is 42.3 Å². The van der Waals surface area contributed by atoms with Crippen molar-refractivity contribution in [3.63, 3.8) is 0 Å². The summed E-state index contributed by atoms with van der Waals surface area (Å²) in [6.07, 6.45) is 3.53. The lowest BCUT2D eigenvalue weighted by atomic mass is 10.0. The van der Waals surface area contributed by atoms with Gasteiger partial charge in [-0.1, -0.05) is 6.07 Å². The molecule has 2 unspecified atom stereocenters. The average molecular weight is 512 g/mol. The van der Waals surface area contributed by atoms with Crippen molar-refractivity contribution in [2.24, 2.45) is 0 Å². The average Bonchev–Trinajstić information content (AvgIpc) is 3.33. The number of anilines is 2. The first-order valence-corrected chi connectivity index (χ1v) is 13.6. The van der Waals surface area contributed by atoms with Gasteiger partial charge in [-0.3, -0.25) is 14.9 Å². The SMILES string of the molecule is C[C@@H]1CN(c2ccc(C#N)c3nccnc23)C[C@H](CN2Cc3ccc(N4CC5COCC(C4)N5)cc3C2)O1. The van der Waals surface area contributed by atoms with E-state index in [2.05, 4.69) is 61.2 Å². The Morgan fingerprint density at radius 2 is 1.74 bits per heavy atom. The first-order chi connectivity index (χ1) is 18.6. The maximum absolute atomic E-state index is 9.52. The largest absolute Gasteiger partial charge is 0.378 e. The van der Waals surface area contributed by atoms with Crippen LogP contribution in [0.2, 0.25) is 0 Å². The minimum Gasteiger partial charge on any atom is -0.378 e. The summed E-state index contributed by atoms with van der Waals surface area (Å²) in [5, 5.41) is 13.2. The van der Waals surface area contributed by atoms with E-state index in [1.54, 1.807) is 12.4 Å². The van der Waals surface area contributed by atoms with E-state index in [-0.39, 0.29) is 12.2 Å². The molecule has 3 fully saturated rings. The Morgan fingerprint density at radius 3 is 2.55 bits per heavy atom. The van der Waals surface area contributed by atoms with E-state index in [4.69, 9.17) is 9.47 Å². The zero-order valence-corrected chi connectivity index (χ0v) is 21.7. The number of nitrogens with zero attached hydrogens (tertiary/aromatic N) is 6. The monoisotopic (exact) mass is 511 g/mol. The molecule has 9 nitrogen and oxygen atoms in total. The molecule has 5 heterocycles. The van der Waals surface area contributed by atoms with Gasteiger partial charge >= 0.3 is 0 Å². The van der Waals surface area contributed by atoms with Gasteiger partial charge in [-0.2, -0.15) is 5.26 Å². The lowest BCUT2D eigenvalue weighted by Crippen LogP contribution is -2.62. The van der Waals surface area contributed by atoms with Crippen LogP contribution >= 0.6 is 0 Å². The van der Waals surface area contributed by atoms with Crippen molar-refractivity contribution in [2.75, 3.05) is 55.7 Å². The van der Waals surface area contributed by atoms with Crippen molar-refractivity contribution in [1.82, 2.24) is 20.2 Å². The van der Waals surface area contributed by atoms with Crippen molar-refractivity contribution < 1.29 is 9.47 Å². The summed E-state index contributed by atoms with van der Waals surface area (Å²) in [5.41, 5.74) is 7.19. The predicted octanol–water partition coefficient (Wildman–Crippen LogP) is 2.29. The lowest BCUT2D eigenvalue weighted by Gasteiger charge is -2.43. The maximum atomic E-state index is 9.52. The highest BCUT2D eigenvalue weighted by atomic mass is 16.5. The molecule has 1 aromatic heterocycles. The Morgan fingerprint density at radius 1 is 0.947 bits per heavy atom. The molecule has 0 aliphatic carbocycles.